The van der Waals surface area contributed by atoms with Gasteiger partial charge in [0.2, 0.25) is 11.9 Å². The first kappa shape index (κ1) is 23.1. The van der Waals surface area contributed by atoms with Gasteiger partial charge >= 0.3 is 0 Å². The third-order valence-corrected chi connectivity index (χ3v) is 6.28. The van der Waals surface area contributed by atoms with Crippen molar-refractivity contribution in [2.24, 2.45) is 5.92 Å². The van der Waals surface area contributed by atoms with Crippen LogP contribution in [0.15, 0.2) is 36.9 Å². The Morgan fingerprint density at radius 3 is 2.77 bits per heavy atom. The molecular weight excluding hydrogens is 466 g/mol. The number of hydrogen-bond donors (Lipinski definition) is 3. The molecule has 0 aliphatic heterocycles. The smallest absolute Gasteiger partial charge is 0.270 e. The first-order valence-electron chi connectivity index (χ1n) is 11.3. The van der Waals surface area contributed by atoms with Crippen molar-refractivity contribution < 1.29 is 22.4 Å². The van der Waals surface area contributed by atoms with Crippen LogP contribution in [-0.4, -0.2) is 55.7 Å². The van der Waals surface area contributed by atoms with E-state index < -0.39 is 24.8 Å². The van der Waals surface area contributed by atoms with Gasteiger partial charge in [-0.05, 0) is 30.9 Å². The van der Waals surface area contributed by atoms with Crippen LogP contribution < -0.4 is 10.6 Å². The topological polar surface area (TPSA) is 100 Å². The monoisotopic (exact) mass is 489 g/mol. The largest absolute Gasteiger partial charge is 0.354 e. The summed E-state index contributed by atoms with van der Waals surface area (Å²) in [4.78, 5) is 28.4. The predicted molar refractivity (Wildman–Crippen MR) is 122 cm³/mol. The van der Waals surface area contributed by atoms with Crippen molar-refractivity contribution in [2.45, 2.75) is 38.0 Å². The number of imidazole rings is 1. The van der Waals surface area contributed by atoms with E-state index in [1.807, 2.05) is 6.07 Å². The molecule has 0 atom stereocenters. The van der Waals surface area contributed by atoms with Crippen molar-refractivity contribution in [3.05, 3.63) is 42.6 Å². The lowest BCUT2D eigenvalue weighted by atomic mass is 9.87. The highest BCUT2D eigenvalue weighted by atomic mass is 19.3. The van der Waals surface area contributed by atoms with Crippen LogP contribution in [0.5, 0.6) is 0 Å². The minimum Gasteiger partial charge on any atom is -0.354 e. The highest BCUT2D eigenvalue weighted by Crippen LogP contribution is 2.36. The van der Waals surface area contributed by atoms with Crippen LogP contribution in [0, 0.1) is 5.92 Å². The Bertz CT molecular complexity index is 1360. The molecule has 1 amide bonds. The number of carbonyl (C=O) groups excluding carboxylic acids is 1. The Hall–Kier alpha value is -3.70. The number of amides is 1. The van der Waals surface area contributed by atoms with E-state index in [1.54, 1.807) is 29.1 Å². The van der Waals surface area contributed by atoms with E-state index in [4.69, 9.17) is 0 Å². The van der Waals surface area contributed by atoms with E-state index in [2.05, 4.69) is 30.6 Å². The Kier molecular flexibility index (Phi) is 6.03. The average molecular weight is 489 g/mol. The van der Waals surface area contributed by atoms with Gasteiger partial charge in [-0.25, -0.2) is 27.5 Å². The van der Waals surface area contributed by atoms with Crippen LogP contribution >= 0.6 is 0 Å². The second-order valence-electron chi connectivity index (χ2n) is 8.73. The molecule has 0 bridgehead atoms. The summed E-state index contributed by atoms with van der Waals surface area (Å²) in [5.41, 5.74) is 2.77. The van der Waals surface area contributed by atoms with Crippen LogP contribution in [0.1, 0.15) is 36.2 Å². The maximum absolute atomic E-state index is 13.3. The summed E-state index contributed by atoms with van der Waals surface area (Å²) < 4.78 is 53.2. The van der Waals surface area contributed by atoms with Crippen molar-refractivity contribution in [1.29, 1.82) is 0 Å². The Morgan fingerprint density at radius 2 is 2.00 bits per heavy atom. The van der Waals surface area contributed by atoms with Crippen LogP contribution in [-0.2, 0) is 0 Å². The minimum atomic E-state index is -2.65. The maximum Gasteiger partial charge on any atom is 0.270 e. The maximum atomic E-state index is 13.3. The number of alkyl halides is 4. The number of hydrogen-bond acceptors (Lipinski definition) is 5. The molecule has 1 aliphatic carbocycles. The standard InChI is InChI=1S/C23H23F4N7O/c24-18(25)11-30-21(35)17-10-28-19-2-1-14(12-34(17)19)15-8-29-20-16(15)9-32-22(33-20)31-7-13-3-5-23(26,27)6-4-13/h1-2,8-10,12-13,18H,3-7,11H2,(H,30,35)(H2,29,31,32,33). The lowest BCUT2D eigenvalue weighted by molar-refractivity contribution is -0.0443. The number of rotatable bonds is 7. The number of fused-ring (bicyclic) bond motifs is 2. The fourth-order valence-corrected chi connectivity index (χ4v) is 4.34. The molecule has 0 radical (unpaired) electrons. The molecule has 0 saturated heterocycles. The lowest BCUT2D eigenvalue weighted by Crippen LogP contribution is -2.29. The summed E-state index contributed by atoms with van der Waals surface area (Å²) in [5.74, 6) is -2.63. The zero-order valence-corrected chi connectivity index (χ0v) is 18.6. The van der Waals surface area contributed by atoms with E-state index in [9.17, 15) is 22.4 Å². The van der Waals surface area contributed by atoms with Crippen LogP contribution in [0.25, 0.3) is 27.8 Å². The van der Waals surface area contributed by atoms with Crippen molar-refractivity contribution in [3.8, 4) is 11.1 Å². The van der Waals surface area contributed by atoms with Gasteiger partial charge in [-0.2, -0.15) is 4.98 Å². The molecule has 4 aromatic heterocycles. The lowest BCUT2D eigenvalue weighted by Gasteiger charge is -2.28. The zero-order chi connectivity index (χ0) is 24.6. The Morgan fingerprint density at radius 1 is 1.20 bits per heavy atom. The van der Waals surface area contributed by atoms with Crippen molar-refractivity contribution in [2.75, 3.05) is 18.4 Å². The summed E-state index contributed by atoms with van der Waals surface area (Å²) in [6, 6.07) is 3.55. The fraction of sp³-hybridized carbons (Fsp3) is 0.391. The quantitative estimate of drug-likeness (QED) is 0.332. The molecule has 1 fully saturated rings. The van der Waals surface area contributed by atoms with E-state index in [1.165, 1.54) is 6.20 Å². The Balaban J connectivity index is 1.34. The van der Waals surface area contributed by atoms with Crippen molar-refractivity contribution >= 4 is 28.5 Å². The summed E-state index contributed by atoms with van der Waals surface area (Å²) in [7, 11) is 0. The molecule has 0 unspecified atom stereocenters. The van der Waals surface area contributed by atoms with Gasteiger partial charge in [-0.3, -0.25) is 9.20 Å². The number of anilines is 1. The molecule has 35 heavy (non-hydrogen) atoms. The Labute approximate surface area is 197 Å². The second kappa shape index (κ2) is 9.16. The SMILES string of the molecule is O=C(NCC(F)F)c1cnc2ccc(-c3c[nH]c4nc(NCC5CCC(F)(F)CC5)ncc34)cn12. The zero-order valence-electron chi connectivity index (χ0n) is 18.6. The third-order valence-electron chi connectivity index (χ3n) is 6.28. The fourth-order valence-electron chi connectivity index (χ4n) is 4.34. The highest BCUT2D eigenvalue weighted by Gasteiger charge is 2.34. The van der Waals surface area contributed by atoms with E-state index in [0.29, 0.717) is 36.6 Å². The number of aromatic nitrogens is 5. The first-order chi connectivity index (χ1) is 16.8. The van der Waals surface area contributed by atoms with E-state index >= 15 is 0 Å². The molecule has 12 heteroatoms. The van der Waals surface area contributed by atoms with E-state index in [-0.39, 0.29) is 24.5 Å². The first-order valence-corrected chi connectivity index (χ1v) is 11.3. The van der Waals surface area contributed by atoms with Crippen LogP contribution in [0.2, 0.25) is 0 Å². The molecule has 5 rings (SSSR count). The van der Waals surface area contributed by atoms with Gasteiger partial charge in [-0.1, -0.05) is 0 Å². The van der Waals surface area contributed by atoms with Gasteiger partial charge in [0.1, 0.15) is 17.0 Å². The molecule has 4 heterocycles. The number of nitrogens with zero attached hydrogens (tertiary/aromatic N) is 4. The summed E-state index contributed by atoms with van der Waals surface area (Å²) in [5, 5.41) is 6.08. The number of H-pyrrole nitrogens is 1. The molecule has 1 aliphatic rings. The number of aromatic amines is 1. The highest BCUT2D eigenvalue weighted by molar-refractivity contribution is 5.95. The number of pyridine rings is 1. The summed E-state index contributed by atoms with van der Waals surface area (Å²) >= 11 is 0. The number of halogens is 4. The van der Waals surface area contributed by atoms with Gasteiger partial charge in [0.25, 0.3) is 12.3 Å². The van der Waals surface area contributed by atoms with E-state index in [0.717, 1.165) is 16.5 Å². The molecule has 3 N–H and O–H groups in total. The molecule has 0 aromatic carbocycles. The van der Waals surface area contributed by atoms with Crippen LogP contribution in [0.4, 0.5) is 23.5 Å². The predicted octanol–water partition coefficient (Wildman–Crippen LogP) is 4.50. The van der Waals surface area contributed by atoms with Gasteiger partial charge in [-0.15, -0.1) is 0 Å². The van der Waals surface area contributed by atoms with Gasteiger partial charge in [0.15, 0.2) is 0 Å². The molecule has 0 spiro atoms. The van der Waals surface area contributed by atoms with Crippen molar-refractivity contribution in [1.82, 2.24) is 29.7 Å². The third kappa shape index (κ3) is 4.91. The number of carbonyl (C=O) groups is 1. The number of nitrogens with one attached hydrogen (secondary N) is 3. The van der Waals surface area contributed by atoms with Gasteiger partial charge in [0.05, 0.1) is 12.7 Å². The summed E-state index contributed by atoms with van der Waals surface area (Å²) in [6.07, 6.45) is 4.58. The van der Waals surface area contributed by atoms with Crippen LogP contribution in [0.3, 0.4) is 0 Å². The molecule has 8 nitrogen and oxygen atoms in total. The second-order valence-corrected chi connectivity index (χ2v) is 8.73. The minimum absolute atomic E-state index is 0.0872. The van der Waals surface area contributed by atoms with Crippen molar-refractivity contribution in [3.63, 3.8) is 0 Å². The molecule has 4 aromatic rings. The van der Waals surface area contributed by atoms with Gasteiger partial charge < -0.3 is 15.6 Å². The average Bonchev–Trinajstić information content (AvgIpc) is 3.45. The summed E-state index contributed by atoms with van der Waals surface area (Å²) in [6.45, 7) is -0.210. The molecular formula is C23H23F4N7O. The molecule has 1 saturated carbocycles. The normalized spacial score (nSPS) is 16.3. The molecule has 184 valence electrons. The van der Waals surface area contributed by atoms with Gasteiger partial charge in [0, 0.05) is 54.5 Å².